The monoisotopic (exact) mass is 277 g/mol. The van der Waals surface area contributed by atoms with E-state index in [1.165, 1.54) is 12.8 Å². The van der Waals surface area contributed by atoms with Crippen LogP contribution in [-0.2, 0) is 6.54 Å². The molecule has 0 amide bonds. The molecular formula is C16H27N3O. The van der Waals surface area contributed by atoms with Crippen molar-refractivity contribution in [2.24, 2.45) is 5.41 Å². The third-order valence-corrected chi connectivity index (χ3v) is 4.18. The second-order valence-corrected chi connectivity index (χ2v) is 6.52. The van der Waals surface area contributed by atoms with E-state index < -0.39 is 0 Å². The largest absolute Gasteiger partial charge is 0.460 e. The molecule has 1 aromatic rings. The fraction of sp³-hybridized carbons (Fsp3) is 0.750. The Kier molecular flexibility index (Phi) is 4.97. The van der Waals surface area contributed by atoms with Gasteiger partial charge in [0, 0.05) is 24.0 Å². The molecule has 1 aromatic heterocycles. The van der Waals surface area contributed by atoms with E-state index in [1.54, 1.807) is 0 Å². The van der Waals surface area contributed by atoms with Crippen molar-refractivity contribution in [1.82, 2.24) is 15.3 Å². The molecule has 0 unspecified atom stereocenters. The van der Waals surface area contributed by atoms with E-state index >= 15 is 0 Å². The Morgan fingerprint density at radius 2 is 2.05 bits per heavy atom. The number of nitrogens with zero attached hydrogens (tertiary/aromatic N) is 2. The molecule has 1 aliphatic carbocycles. The maximum Gasteiger partial charge on any atom is 0.316 e. The zero-order valence-corrected chi connectivity index (χ0v) is 13.2. The molecule has 0 spiro atoms. The van der Waals surface area contributed by atoms with Crippen molar-refractivity contribution in [2.75, 3.05) is 6.54 Å². The average Bonchev–Trinajstić information content (AvgIpc) is 2.40. The summed E-state index contributed by atoms with van der Waals surface area (Å²) in [5.41, 5.74) is 2.61. The highest BCUT2D eigenvalue weighted by Crippen LogP contribution is 2.36. The summed E-state index contributed by atoms with van der Waals surface area (Å²) in [6.07, 6.45) is 6.81. The molecule has 0 aliphatic heterocycles. The van der Waals surface area contributed by atoms with Crippen molar-refractivity contribution in [3.05, 3.63) is 17.5 Å². The first-order chi connectivity index (χ1) is 9.50. The van der Waals surface area contributed by atoms with E-state index in [0.29, 0.717) is 11.4 Å². The number of aromatic nitrogens is 2. The van der Waals surface area contributed by atoms with Gasteiger partial charge in [-0.05, 0) is 44.6 Å². The summed E-state index contributed by atoms with van der Waals surface area (Å²) in [4.78, 5) is 8.83. The third-order valence-electron chi connectivity index (χ3n) is 4.18. The Labute approximate surface area is 122 Å². The molecule has 112 valence electrons. The molecule has 0 aromatic carbocycles. The standard InChI is InChI=1S/C16H27N3O/c1-5-17-10-13-11-18-15(19-12(13)2)20-14-6-8-16(3,4)9-7-14/h11,14,17H,5-10H2,1-4H3. The zero-order valence-electron chi connectivity index (χ0n) is 13.2. The SMILES string of the molecule is CCNCc1cnc(OC2CCC(C)(C)CC2)nc1C. The summed E-state index contributed by atoms with van der Waals surface area (Å²) in [5, 5.41) is 3.29. The van der Waals surface area contributed by atoms with Crippen LogP contribution in [0.25, 0.3) is 0 Å². The lowest BCUT2D eigenvalue weighted by Gasteiger charge is -2.33. The molecule has 20 heavy (non-hydrogen) atoms. The fourth-order valence-electron chi connectivity index (χ4n) is 2.60. The molecule has 2 rings (SSSR count). The first-order valence-corrected chi connectivity index (χ1v) is 7.70. The van der Waals surface area contributed by atoms with Crippen molar-refractivity contribution in [3.63, 3.8) is 0 Å². The summed E-state index contributed by atoms with van der Waals surface area (Å²) in [7, 11) is 0. The molecule has 0 bridgehead atoms. The van der Waals surface area contributed by atoms with Crippen LogP contribution in [0.2, 0.25) is 0 Å². The second-order valence-electron chi connectivity index (χ2n) is 6.52. The van der Waals surface area contributed by atoms with Crippen LogP contribution in [0.4, 0.5) is 0 Å². The highest BCUT2D eigenvalue weighted by molar-refractivity contribution is 5.17. The summed E-state index contributed by atoms with van der Waals surface area (Å²) >= 11 is 0. The van der Waals surface area contributed by atoms with E-state index in [2.05, 4.69) is 36.1 Å². The normalized spacial score (nSPS) is 19.0. The predicted molar refractivity (Wildman–Crippen MR) is 80.8 cm³/mol. The van der Waals surface area contributed by atoms with E-state index in [4.69, 9.17) is 4.74 Å². The minimum Gasteiger partial charge on any atom is -0.460 e. The number of hydrogen-bond donors (Lipinski definition) is 1. The van der Waals surface area contributed by atoms with Gasteiger partial charge in [0.25, 0.3) is 0 Å². The summed E-state index contributed by atoms with van der Waals surface area (Å²) in [5.74, 6) is 0. The van der Waals surface area contributed by atoms with Gasteiger partial charge in [-0.3, -0.25) is 0 Å². The Morgan fingerprint density at radius 3 is 2.65 bits per heavy atom. The van der Waals surface area contributed by atoms with Crippen LogP contribution in [0.15, 0.2) is 6.20 Å². The lowest BCUT2D eigenvalue weighted by molar-refractivity contribution is 0.0904. The molecule has 1 heterocycles. The van der Waals surface area contributed by atoms with Crippen LogP contribution in [0, 0.1) is 12.3 Å². The van der Waals surface area contributed by atoms with Gasteiger partial charge >= 0.3 is 6.01 Å². The van der Waals surface area contributed by atoms with E-state index in [1.807, 2.05) is 13.1 Å². The van der Waals surface area contributed by atoms with Crippen molar-refractivity contribution in [2.45, 2.75) is 66.0 Å². The summed E-state index contributed by atoms with van der Waals surface area (Å²) < 4.78 is 5.95. The van der Waals surface area contributed by atoms with Gasteiger partial charge < -0.3 is 10.1 Å². The zero-order chi connectivity index (χ0) is 14.6. The Bertz CT molecular complexity index is 435. The maximum absolute atomic E-state index is 5.95. The highest BCUT2D eigenvalue weighted by atomic mass is 16.5. The van der Waals surface area contributed by atoms with Gasteiger partial charge in [0.05, 0.1) is 0 Å². The number of ether oxygens (including phenoxy) is 1. The van der Waals surface area contributed by atoms with Gasteiger partial charge in [-0.1, -0.05) is 20.8 Å². The smallest absolute Gasteiger partial charge is 0.316 e. The van der Waals surface area contributed by atoms with Crippen molar-refractivity contribution < 1.29 is 4.74 Å². The number of rotatable bonds is 5. The highest BCUT2D eigenvalue weighted by Gasteiger charge is 2.28. The van der Waals surface area contributed by atoms with E-state index in [9.17, 15) is 0 Å². The minimum atomic E-state index is 0.280. The Hall–Kier alpha value is -1.16. The molecule has 0 radical (unpaired) electrons. The first-order valence-electron chi connectivity index (χ1n) is 7.70. The van der Waals surface area contributed by atoms with Gasteiger partial charge in [0.15, 0.2) is 0 Å². The van der Waals surface area contributed by atoms with Gasteiger partial charge in [-0.25, -0.2) is 9.97 Å². The minimum absolute atomic E-state index is 0.280. The van der Waals surface area contributed by atoms with Gasteiger partial charge in [-0.15, -0.1) is 0 Å². The number of hydrogen-bond acceptors (Lipinski definition) is 4. The third kappa shape index (κ3) is 4.17. The first kappa shape index (κ1) is 15.2. The molecule has 1 fully saturated rings. The topological polar surface area (TPSA) is 47.0 Å². The van der Waals surface area contributed by atoms with Crippen LogP contribution in [-0.4, -0.2) is 22.6 Å². The Morgan fingerprint density at radius 1 is 1.35 bits per heavy atom. The van der Waals surface area contributed by atoms with Gasteiger partial charge in [0.2, 0.25) is 0 Å². The van der Waals surface area contributed by atoms with Gasteiger partial charge in [0.1, 0.15) is 6.10 Å². The Balaban J connectivity index is 1.92. The molecule has 0 atom stereocenters. The molecule has 1 aliphatic rings. The molecule has 4 nitrogen and oxygen atoms in total. The van der Waals surface area contributed by atoms with Gasteiger partial charge in [-0.2, -0.15) is 0 Å². The van der Waals surface area contributed by atoms with Crippen LogP contribution in [0.5, 0.6) is 6.01 Å². The van der Waals surface area contributed by atoms with Crippen LogP contribution in [0.1, 0.15) is 57.7 Å². The number of nitrogens with one attached hydrogen (secondary N) is 1. The summed E-state index contributed by atoms with van der Waals surface area (Å²) in [6, 6.07) is 0.535. The molecule has 0 saturated heterocycles. The summed E-state index contributed by atoms with van der Waals surface area (Å²) in [6.45, 7) is 10.6. The van der Waals surface area contributed by atoms with Crippen LogP contribution in [0.3, 0.4) is 0 Å². The number of aryl methyl sites for hydroxylation is 1. The maximum atomic E-state index is 5.95. The lowest BCUT2D eigenvalue weighted by atomic mass is 9.76. The molecular weight excluding hydrogens is 250 g/mol. The second kappa shape index (κ2) is 6.53. The van der Waals surface area contributed by atoms with Crippen LogP contribution < -0.4 is 10.1 Å². The molecule has 4 heteroatoms. The van der Waals surface area contributed by atoms with Crippen LogP contribution >= 0.6 is 0 Å². The van der Waals surface area contributed by atoms with E-state index in [-0.39, 0.29) is 6.10 Å². The lowest BCUT2D eigenvalue weighted by Crippen LogP contribution is -2.29. The van der Waals surface area contributed by atoms with E-state index in [0.717, 1.165) is 37.2 Å². The average molecular weight is 277 g/mol. The van der Waals surface area contributed by atoms with Crippen molar-refractivity contribution in [3.8, 4) is 6.01 Å². The quantitative estimate of drug-likeness (QED) is 0.897. The van der Waals surface area contributed by atoms with Crippen molar-refractivity contribution >= 4 is 0 Å². The fourth-order valence-corrected chi connectivity index (χ4v) is 2.60. The molecule has 1 N–H and O–H groups in total. The molecule has 1 saturated carbocycles. The predicted octanol–water partition coefficient (Wildman–Crippen LogP) is 3.24. The van der Waals surface area contributed by atoms with Crippen molar-refractivity contribution in [1.29, 1.82) is 0 Å².